The van der Waals surface area contributed by atoms with E-state index in [0.29, 0.717) is 0 Å². The van der Waals surface area contributed by atoms with Gasteiger partial charge in [0.1, 0.15) is 0 Å². The minimum absolute atomic E-state index is 0. The zero-order valence-corrected chi connectivity index (χ0v) is 20.0. The van der Waals surface area contributed by atoms with Crippen LogP contribution in [-0.2, 0) is 4.79 Å². The van der Waals surface area contributed by atoms with Gasteiger partial charge >= 0.3 is 6.03 Å². The fourth-order valence-electron chi connectivity index (χ4n) is 1.93. The maximum absolute atomic E-state index is 11.1. The van der Waals surface area contributed by atoms with Crippen molar-refractivity contribution in [2.24, 2.45) is 0 Å². The van der Waals surface area contributed by atoms with E-state index in [1.807, 2.05) is 91.0 Å². The zero-order valence-electron chi connectivity index (χ0n) is 17.5. The molecule has 1 aliphatic heterocycles. The Hall–Kier alpha value is -2.88. The normalized spacial score (nSPS) is 12.7. The van der Waals surface area contributed by atoms with Crippen LogP contribution in [0.25, 0.3) is 0 Å². The van der Waals surface area contributed by atoms with Crippen LogP contribution in [0.1, 0.15) is 2.85 Å². The third-order valence-corrected chi connectivity index (χ3v) is 3.55. The van der Waals surface area contributed by atoms with Gasteiger partial charge in [-0.3, -0.25) is 14.6 Å². The number of imide groups is 1. The molecule has 0 aliphatic carbocycles. The van der Waals surface area contributed by atoms with Gasteiger partial charge in [0.25, 0.3) is 5.91 Å². The molecule has 3 aromatic rings. The standard InChI is InChI=1S/C7H9N2O3.3C6H5.Sb.2H2/c1-4-5(10)8(2)7(12)9(3)6(4)11;3*1-2-4-6-5-3-1;;;/h10H,1H2,2-3H3;3*1-5H;;2*1H. The van der Waals surface area contributed by atoms with Gasteiger partial charge in [-0.15, -0.1) is 0 Å². The van der Waals surface area contributed by atoms with E-state index < -0.39 is 11.9 Å². The summed E-state index contributed by atoms with van der Waals surface area (Å²) in [5, 5.41) is 9.18. The zero-order chi connectivity index (χ0) is 22.2. The number of nitrogens with zero attached hydrogens (tertiary/aromatic N) is 2. The van der Waals surface area contributed by atoms with Crippen LogP contribution in [0.2, 0.25) is 0 Å². The van der Waals surface area contributed by atoms with Crippen molar-refractivity contribution in [1.82, 2.24) is 9.80 Å². The minimum atomic E-state index is -0.574. The molecule has 31 heavy (non-hydrogen) atoms. The molecule has 0 saturated carbocycles. The summed E-state index contributed by atoms with van der Waals surface area (Å²) in [6.07, 6.45) is -0.386. The van der Waals surface area contributed by atoms with Crippen molar-refractivity contribution in [3.8, 4) is 0 Å². The van der Waals surface area contributed by atoms with Gasteiger partial charge in [0, 0.05) is 41.4 Å². The molecule has 1 saturated heterocycles. The molecule has 161 valence electrons. The van der Waals surface area contributed by atoms with E-state index in [4.69, 9.17) is 0 Å². The van der Waals surface area contributed by atoms with Gasteiger partial charge in [-0.05, 0) is 18.2 Å². The van der Waals surface area contributed by atoms with Gasteiger partial charge in [-0.25, -0.2) is 4.79 Å². The largest absolute Gasteiger partial charge is 0.362 e. The van der Waals surface area contributed by atoms with Crippen LogP contribution >= 0.6 is 0 Å². The number of carbonyl (C=O) groups is 2. The summed E-state index contributed by atoms with van der Waals surface area (Å²) in [7, 11) is 2.70. The second-order valence-corrected chi connectivity index (χ2v) is 5.74. The molecule has 1 aliphatic rings. The summed E-state index contributed by atoms with van der Waals surface area (Å²) < 4.78 is 0. The van der Waals surface area contributed by atoms with Gasteiger partial charge < -0.3 is 5.11 Å². The van der Waals surface area contributed by atoms with E-state index in [1.54, 1.807) is 0 Å². The number of likely N-dealkylation sites (N-methyl/N-ethyl adjacent to an activating group) is 2. The van der Waals surface area contributed by atoms with Crippen molar-refractivity contribution in [3.05, 3.63) is 128 Å². The number of rotatable bonds is 0. The van der Waals surface area contributed by atoms with Crippen LogP contribution in [0, 0.1) is 24.4 Å². The van der Waals surface area contributed by atoms with Crippen LogP contribution in [-0.4, -0.2) is 65.4 Å². The topological polar surface area (TPSA) is 60.9 Å². The third-order valence-electron chi connectivity index (χ3n) is 3.55. The molecular weight excluding hydrogens is 498 g/mol. The third kappa shape index (κ3) is 11.2. The predicted octanol–water partition coefficient (Wildman–Crippen LogP) is 4.50. The predicted molar refractivity (Wildman–Crippen MR) is 126 cm³/mol. The molecule has 5 nitrogen and oxygen atoms in total. The Bertz CT molecular complexity index is 718. The van der Waals surface area contributed by atoms with Gasteiger partial charge in [-0.2, -0.15) is 0 Å². The summed E-state index contributed by atoms with van der Waals surface area (Å²) in [4.78, 5) is 24.0. The van der Waals surface area contributed by atoms with Crippen molar-refractivity contribution in [3.63, 3.8) is 0 Å². The maximum Gasteiger partial charge on any atom is 0.329 e. The van der Waals surface area contributed by atoms with E-state index in [0.717, 1.165) is 9.80 Å². The molecular formula is C25H28N2O3Sb. The van der Waals surface area contributed by atoms with E-state index in [1.165, 1.54) is 14.1 Å². The Morgan fingerprint density at radius 2 is 1.03 bits per heavy atom. The first-order valence-electron chi connectivity index (χ1n) is 9.01. The molecule has 3 aromatic carbocycles. The molecule has 0 unspecified atom stereocenters. The number of hydrogen-bond donors (Lipinski definition) is 1. The van der Waals surface area contributed by atoms with E-state index in [-0.39, 0.29) is 39.1 Å². The first kappa shape index (κ1) is 28.1. The summed E-state index contributed by atoms with van der Waals surface area (Å²) >= 11 is 0. The number of carbonyl (C=O) groups excluding carboxylic acids is 2. The fourth-order valence-corrected chi connectivity index (χ4v) is 1.93. The van der Waals surface area contributed by atoms with Gasteiger partial charge in [0.05, 0.1) is 5.57 Å². The van der Waals surface area contributed by atoms with Gasteiger partial charge in [0.15, 0.2) is 0 Å². The van der Waals surface area contributed by atoms with Crippen LogP contribution < -0.4 is 0 Å². The van der Waals surface area contributed by atoms with Crippen LogP contribution in [0.5, 0.6) is 0 Å². The summed E-state index contributed by atoms with van der Waals surface area (Å²) in [6, 6.07) is 36.9. The van der Waals surface area contributed by atoms with Gasteiger partial charge in [-0.1, -0.05) is 97.6 Å². The number of aliphatic hydroxyl groups excluding tert-OH is 1. The molecule has 0 bridgehead atoms. The first-order valence-corrected chi connectivity index (χ1v) is 9.01. The summed E-state index contributed by atoms with van der Waals surface area (Å²) in [5.74, 6) is -0.574. The average Bonchev–Trinajstić information content (AvgIpc) is 2.85. The maximum atomic E-state index is 11.1. The quantitative estimate of drug-likeness (QED) is 0.347. The number of urea groups is 1. The number of aliphatic hydroxyl groups is 1. The monoisotopic (exact) mass is 525 g/mol. The van der Waals surface area contributed by atoms with Crippen molar-refractivity contribution in [2.45, 2.75) is 0 Å². The second kappa shape index (κ2) is 16.9. The molecule has 6 heteroatoms. The Balaban J connectivity index is -0.000000371. The second-order valence-electron chi connectivity index (χ2n) is 5.74. The molecule has 1 heterocycles. The molecule has 1 fully saturated rings. The van der Waals surface area contributed by atoms with Crippen LogP contribution in [0.15, 0.2) is 103 Å². The van der Waals surface area contributed by atoms with E-state index in [9.17, 15) is 14.7 Å². The fraction of sp³-hybridized carbons (Fsp3) is 0.0800. The van der Waals surface area contributed by atoms with Crippen LogP contribution in [0.3, 0.4) is 0 Å². The molecule has 4 rings (SSSR count). The Kier molecular flexibility index (Phi) is 15.3. The average molecular weight is 526 g/mol. The molecule has 1 N–H and O–H groups in total. The van der Waals surface area contributed by atoms with Crippen molar-refractivity contribution < 1.29 is 17.5 Å². The molecule has 7 radical (unpaired) electrons. The van der Waals surface area contributed by atoms with E-state index >= 15 is 0 Å². The van der Waals surface area contributed by atoms with Gasteiger partial charge in [0.2, 0.25) is 6.23 Å². The SMILES string of the molecule is C=C1[C](O)N(C)C(=O)N(C)C1=O.[HH].[HH].[Sb].[c]1ccccc1.[c]1ccccc1.[c]1ccccc1. The van der Waals surface area contributed by atoms with Crippen molar-refractivity contribution in [2.75, 3.05) is 14.1 Å². The van der Waals surface area contributed by atoms with E-state index in [2.05, 4.69) is 24.8 Å². The van der Waals surface area contributed by atoms with Crippen molar-refractivity contribution in [1.29, 1.82) is 0 Å². The molecule has 0 spiro atoms. The van der Waals surface area contributed by atoms with Crippen molar-refractivity contribution >= 4 is 36.4 Å². The summed E-state index contributed by atoms with van der Waals surface area (Å²) in [6.45, 7) is 3.34. The Morgan fingerprint density at radius 1 is 0.710 bits per heavy atom. The molecule has 0 aromatic heterocycles. The molecule has 0 atom stereocenters. The summed E-state index contributed by atoms with van der Waals surface area (Å²) in [5.41, 5.74) is -0.0698. The first-order chi connectivity index (χ1) is 14.5. The smallest absolute Gasteiger partial charge is 0.329 e. The Labute approximate surface area is 205 Å². The van der Waals surface area contributed by atoms with Crippen LogP contribution in [0.4, 0.5) is 4.79 Å². The number of hydrogen-bond acceptors (Lipinski definition) is 3. The minimum Gasteiger partial charge on any atom is -0.362 e. The Morgan fingerprint density at radius 3 is 1.26 bits per heavy atom. The number of benzene rings is 3. The molecule has 3 amide bonds. The number of amides is 3.